The van der Waals surface area contributed by atoms with Gasteiger partial charge in [0.25, 0.3) is 0 Å². The van der Waals surface area contributed by atoms with Gasteiger partial charge in [-0.1, -0.05) is 20.3 Å². The van der Waals surface area contributed by atoms with Crippen LogP contribution in [0.4, 0.5) is 0 Å². The molecule has 4 unspecified atom stereocenters. The molecule has 4 atom stereocenters. The van der Waals surface area contributed by atoms with Gasteiger partial charge < -0.3 is 5.32 Å². The molecular weight excluding hydrogens is 208 g/mol. The Morgan fingerprint density at radius 2 is 2.06 bits per heavy atom. The van der Waals surface area contributed by atoms with Crippen LogP contribution < -0.4 is 5.32 Å². The van der Waals surface area contributed by atoms with Gasteiger partial charge in [-0.15, -0.1) is 0 Å². The van der Waals surface area contributed by atoms with Gasteiger partial charge in [-0.05, 0) is 57.5 Å². The average Bonchev–Trinajstić information content (AvgIpc) is 2.38. The minimum Gasteiger partial charge on any atom is -0.315 e. The van der Waals surface area contributed by atoms with E-state index < -0.39 is 0 Å². The second-order valence-corrected chi connectivity index (χ2v) is 6.29. The number of nitrogens with zero attached hydrogens (tertiary/aromatic N) is 1. The zero-order valence-corrected chi connectivity index (χ0v) is 11.9. The summed E-state index contributed by atoms with van der Waals surface area (Å²) >= 11 is 0. The van der Waals surface area contributed by atoms with Gasteiger partial charge in [0.15, 0.2) is 0 Å². The Morgan fingerprint density at radius 3 is 2.71 bits per heavy atom. The second-order valence-electron chi connectivity index (χ2n) is 6.29. The Hall–Kier alpha value is -0.0800. The third-order valence-corrected chi connectivity index (χ3v) is 5.03. The normalized spacial score (nSPS) is 40.4. The molecule has 1 aliphatic heterocycles. The van der Waals surface area contributed by atoms with E-state index >= 15 is 0 Å². The zero-order valence-electron chi connectivity index (χ0n) is 11.9. The topological polar surface area (TPSA) is 15.3 Å². The summed E-state index contributed by atoms with van der Waals surface area (Å²) in [6.45, 7) is 7.45. The molecule has 0 aromatic rings. The number of likely N-dealkylation sites (N-methyl/N-ethyl adjacent to an activating group) is 1. The lowest BCUT2D eigenvalue weighted by Gasteiger charge is -2.45. The van der Waals surface area contributed by atoms with Crippen molar-refractivity contribution in [2.75, 3.05) is 20.1 Å². The van der Waals surface area contributed by atoms with Crippen LogP contribution in [0.2, 0.25) is 0 Å². The van der Waals surface area contributed by atoms with Gasteiger partial charge in [-0.2, -0.15) is 0 Å². The molecular formula is C15H30N2. The van der Waals surface area contributed by atoms with Gasteiger partial charge in [0.2, 0.25) is 0 Å². The van der Waals surface area contributed by atoms with Crippen molar-refractivity contribution >= 4 is 0 Å². The minimum absolute atomic E-state index is 0.739. The second kappa shape index (κ2) is 6.19. The monoisotopic (exact) mass is 238 g/mol. The molecule has 1 saturated carbocycles. The van der Waals surface area contributed by atoms with Crippen LogP contribution in [-0.2, 0) is 0 Å². The Bertz CT molecular complexity index is 229. The highest BCUT2D eigenvalue weighted by atomic mass is 15.2. The van der Waals surface area contributed by atoms with E-state index in [1.54, 1.807) is 0 Å². The van der Waals surface area contributed by atoms with Gasteiger partial charge in [-0.25, -0.2) is 0 Å². The summed E-state index contributed by atoms with van der Waals surface area (Å²) < 4.78 is 0. The highest BCUT2D eigenvalue weighted by Gasteiger charge is 2.34. The molecule has 0 aromatic heterocycles. The van der Waals surface area contributed by atoms with Crippen molar-refractivity contribution in [1.82, 2.24) is 10.2 Å². The van der Waals surface area contributed by atoms with Crippen LogP contribution in [0.5, 0.6) is 0 Å². The summed E-state index contributed by atoms with van der Waals surface area (Å²) in [7, 11) is 2.15. The largest absolute Gasteiger partial charge is 0.315 e. The molecule has 0 radical (unpaired) electrons. The summed E-state index contributed by atoms with van der Waals surface area (Å²) in [5, 5.41) is 3.57. The summed E-state index contributed by atoms with van der Waals surface area (Å²) in [5.74, 6) is 1.88. The first-order chi connectivity index (χ1) is 8.24. The van der Waals surface area contributed by atoms with Crippen molar-refractivity contribution in [3.05, 3.63) is 0 Å². The highest BCUT2D eigenvalue weighted by molar-refractivity contribution is 4.91. The van der Waals surface area contributed by atoms with Gasteiger partial charge in [0.1, 0.15) is 0 Å². The van der Waals surface area contributed by atoms with Crippen LogP contribution in [0, 0.1) is 11.8 Å². The predicted molar refractivity (Wildman–Crippen MR) is 74.2 cm³/mol. The van der Waals surface area contributed by atoms with E-state index in [1.165, 1.54) is 51.6 Å². The van der Waals surface area contributed by atoms with E-state index in [9.17, 15) is 0 Å². The summed E-state index contributed by atoms with van der Waals surface area (Å²) in [5.41, 5.74) is 0. The first-order valence-electron chi connectivity index (χ1n) is 7.65. The van der Waals surface area contributed by atoms with Gasteiger partial charge >= 0.3 is 0 Å². The van der Waals surface area contributed by atoms with E-state index in [0.29, 0.717) is 0 Å². The molecule has 0 spiro atoms. The summed E-state index contributed by atoms with van der Waals surface area (Å²) in [6.07, 6.45) is 8.45. The van der Waals surface area contributed by atoms with Crippen molar-refractivity contribution in [2.45, 2.75) is 64.5 Å². The van der Waals surface area contributed by atoms with E-state index in [0.717, 1.165) is 23.9 Å². The lowest BCUT2D eigenvalue weighted by molar-refractivity contribution is 0.0638. The quantitative estimate of drug-likeness (QED) is 0.813. The SMILES string of the molecule is CCC1CCC(NC)C(N2CCCC(C)C2)C1. The van der Waals surface area contributed by atoms with Crippen LogP contribution in [0.15, 0.2) is 0 Å². The number of hydrogen-bond donors (Lipinski definition) is 1. The Labute approximate surface area is 107 Å². The molecule has 1 aliphatic carbocycles. The van der Waals surface area contributed by atoms with Crippen molar-refractivity contribution in [1.29, 1.82) is 0 Å². The summed E-state index contributed by atoms with van der Waals surface area (Å²) in [6, 6.07) is 1.55. The molecule has 2 heteroatoms. The van der Waals surface area contributed by atoms with Gasteiger partial charge in [0.05, 0.1) is 0 Å². The van der Waals surface area contributed by atoms with E-state index in [4.69, 9.17) is 0 Å². The molecule has 2 aliphatic rings. The van der Waals surface area contributed by atoms with Crippen molar-refractivity contribution in [3.63, 3.8) is 0 Å². The van der Waals surface area contributed by atoms with Crippen molar-refractivity contribution in [2.24, 2.45) is 11.8 Å². The number of nitrogens with one attached hydrogen (secondary N) is 1. The average molecular weight is 238 g/mol. The molecule has 0 amide bonds. The molecule has 2 nitrogen and oxygen atoms in total. The molecule has 1 N–H and O–H groups in total. The molecule has 100 valence electrons. The van der Waals surface area contributed by atoms with Crippen molar-refractivity contribution < 1.29 is 0 Å². The van der Waals surface area contributed by atoms with Gasteiger partial charge in [0, 0.05) is 18.6 Å². The Morgan fingerprint density at radius 1 is 1.24 bits per heavy atom. The van der Waals surface area contributed by atoms with E-state index in [-0.39, 0.29) is 0 Å². The maximum atomic E-state index is 3.57. The van der Waals surface area contributed by atoms with Crippen LogP contribution >= 0.6 is 0 Å². The van der Waals surface area contributed by atoms with Gasteiger partial charge in [-0.3, -0.25) is 4.90 Å². The first-order valence-corrected chi connectivity index (χ1v) is 7.65. The molecule has 0 aromatic carbocycles. The molecule has 2 fully saturated rings. The minimum atomic E-state index is 0.739. The van der Waals surface area contributed by atoms with E-state index in [1.807, 2.05) is 0 Å². The van der Waals surface area contributed by atoms with E-state index in [2.05, 4.69) is 31.1 Å². The number of piperidine rings is 1. The number of hydrogen-bond acceptors (Lipinski definition) is 2. The lowest BCUT2D eigenvalue weighted by Crippen LogP contribution is -2.54. The Balaban J connectivity index is 1.98. The van der Waals surface area contributed by atoms with Crippen LogP contribution in [0.25, 0.3) is 0 Å². The molecule has 2 rings (SSSR count). The third kappa shape index (κ3) is 3.23. The number of rotatable bonds is 3. The lowest BCUT2D eigenvalue weighted by atomic mass is 9.79. The Kier molecular flexibility index (Phi) is 4.87. The fourth-order valence-corrected chi connectivity index (χ4v) is 3.87. The summed E-state index contributed by atoms with van der Waals surface area (Å²) in [4.78, 5) is 2.79. The van der Waals surface area contributed by atoms with Crippen LogP contribution in [0.3, 0.4) is 0 Å². The molecule has 1 heterocycles. The smallest absolute Gasteiger partial charge is 0.0251 e. The standard InChI is InChI=1S/C15H30N2/c1-4-13-7-8-14(16-3)15(10-13)17-9-5-6-12(2)11-17/h12-16H,4-11H2,1-3H3. The first kappa shape index (κ1) is 13.4. The van der Waals surface area contributed by atoms with Crippen LogP contribution in [0.1, 0.15) is 52.4 Å². The zero-order chi connectivity index (χ0) is 12.3. The molecule has 1 saturated heterocycles. The maximum Gasteiger partial charge on any atom is 0.0251 e. The third-order valence-electron chi connectivity index (χ3n) is 5.03. The van der Waals surface area contributed by atoms with Crippen LogP contribution in [-0.4, -0.2) is 37.1 Å². The fourth-order valence-electron chi connectivity index (χ4n) is 3.87. The van der Waals surface area contributed by atoms with Crippen molar-refractivity contribution in [3.8, 4) is 0 Å². The fraction of sp³-hybridized carbons (Fsp3) is 1.00. The number of likely N-dealkylation sites (tertiary alicyclic amines) is 1. The maximum absolute atomic E-state index is 3.57. The highest BCUT2D eigenvalue weighted by Crippen LogP contribution is 2.32. The predicted octanol–water partition coefficient (Wildman–Crippen LogP) is 2.89. The molecule has 17 heavy (non-hydrogen) atoms. The molecule has 0 bridgehead atoms.